The third-order valence-corrected chi connectivity index (χ3v) is 7.32. The van der Waals surface area contributed by atoms with Crippen LogP contribution in [0.25, 0.3) is 0 Å². The summed E-state index contributed by atoms with van der Waals surface area (Å²) in [4.78, 5) is 0. The number of rotatable bonds is 19. The van der Waals surface area contributed by atoms with E-state index < -0.39 is 15.4 Å². The molecule has 4 nitrogen and oxygen atoms in total. The van der Waals surface area contributed by atoms with Gasteiger partial charge >= 0.3 is 29.6 Å². The first-order valence-corrected chi connectivity index (χ1v) is 14.1. The third kappa shape index (κ3) is 14.2. The van der Waals surface area contributed by atoms with Crippen molar-refractivity contribution in [2.45, 2.75) is 122 Å². The SMILES string of the molecule is CCCCCCCCc1ccc(OCC(CC)S(=O)(=O)[O-])c(CCCCCCCC)c1.[Na+]. The molecule has 0 fully saturated rings. The topological polar surface area (TPSA) is 66.4 Å². The molecule has 1 rings (SSSR count). The van der Waals surface area contributed by atoms with E-state index in [1.807, 2.05) is 6.07 Å². The molecule has 0 saturated heterocycles. The Balaban J connectivity index is 0.00000961. The molecule has 180 valence electrons. The quantitative estimate of drug-likeness (QED) is 0.171. The van der Waals surface area contributed by atoms with E-state index in [1.165, 1.54) is 76.2 Å². The Morgan fingerprint density at radius 1 is 0.812 bits per heavy atom. The first kappa shape index (κ1) is 31.9. The molecule has 0 radical (unpaired) electrons. The van der Waals surface area contributed by atoms with Crippen LogP contribution in [0.1, 0.15) is 115 Å². The van der Waals surface area contributed by atoms with Crippen LogP contribution in [-0.4, -0.2) is 24.8 Å². The number of unbranched alkanes of at least 4 members (excludes halogenated alkanes) is 10. The second-order valence-electron chi connectivity index (χ2n) is 8.81. The standard InChI is InChI=1S/C26H46O4S.Na/c1-4-7-9-11-13-15-17-23-19-20-26(30-22-25(6-3)31(27,28)29)24(21-23)18-16-14-12-10-8-5-2;/h19-21,25H,4-18,22H2,1-3H3,(H,27,28,29);/q;+1/p-1. The minimum Gasteiger partial charge on any atom is -0.748 e. The first-order chi connectivity index (χ1) is 14.9. The van der Waals surface area contributed by atoms with Gasteiger partial charge < -0.3 is 9.29 Å². The smallest absolute Gasteiger partial charge is 0.748 e. The summed E-state index contributed by atoms with van der Waals surface area (Å²) in [6, 6.07) is 6.31. The van der Waals surface area contributed by atoms with Gasteiger partial charge in [0.1, 0.15) is 22.5 Å². The van der Waals surface area contributed by atoms with E-state index in [2.05, 4.69) is 26.0 Å². The molecule has 1 aromatic rings. The monoisotopic (exact) mass is 476 g/mol. The van der Waals surface area contributed by atoms with Gasteiger partial charge in [-0.25, -0.2) is 8.42 Å². The number of hydrogen-bond donors (Lipinski definition) is 0. The van der Waals surface area contributed by atoms with Crippen LogP contribution in [0.15, 0.2) is 18.2 Å². The van der Waals surface area contributed by atoms with Crippen molar-refractivity contribution >= 4 is 10.1 Å². The van der Waals surface area contributed by atoms with E-state index in [9.17, 15) is 13.0 Å². The van der Waals surface area contributed by atoms with Crippen LogP contribution in [0.4, 0.5) is 0 Å². The average molecular weight is 477 g/mol. The molecule has 0 N–H and O–H groups in total. The van der Waals surface area contributed by atoms with Crippen LogP contribution in [0.5, 0.6) is 5.75 Å². The summed E-state index contributed by atoms with van der Waals surface area (Å²) >= 11 is 0. The molecular formula is C26H45NaO4S. The largest absolute Gasteiger partial charge is 1.00 e. The van der Waals surface area contributed by atoms with Gasteiger partial charge in [-0.2, -0.15) is 0 Å². The van der Waals surface area contributed by atoms with E-state index in [0.29, 0.717) is 0 Å². The zero-order valence-electron chi connectivity index (χ0n) is 21.2. The van der Waals surface area contributed by atoms with Crippen molar-refractivity contribution in [2.24, 2.45) is 0 Å². The maximum absolute atomic E-state index is 11.4. The molecule has 1 atom stereocenters. The molecule has 0 aliphatic heterocycles. The second-order valence-corrected chi connectivity index (χ2v) is 10.5. The third-order valence-electron chi connectivity index (χ3n) is 6.03. The Morgan fingerprint density at radius 2 is 1.34 bits per heavy atom. The number of benzene rings is 1. The molecule has 6 heteroatoms. The van der Waals surface area contributed by atoms with Gasteiger partial charge in [-0.3, -0.25) is 0 Å². The van der Waals surface area contributed by atoms with E-state index in [-0.39, 0.29) is 42.6 Å². The zero-order valence-corrected chi connectivity index (χ0v) is 24.0. The van der Waals surface area contributed by atoms with Gasteiger partial charge in [0, 0.05) is 0 Å². The van der Waals surface area contributed by atoms with Gasteiger partial charge in [0.15, 0.2) is 0 Å². The molecular weight excluding hydrogens is 431 g/mol. The Hall–Kier alpha value is -0.0700. The van der Waals surface area contributed by atoms with Gasteiger partial charge in [0.2, 0.25) is 0 Å². The van der Waals surface area contributed by atoms with Gasteiger partial charge in [-0.1, -0.05) is 97.1 Å². The van der Waals surface area contributed by atoms with Crippen molar-refractivity contribution in [2.75, 3.05) is 6.61 Å². The molecule has 0 heterocycles. The Morgan fingerprint density at radius 3 is 1.88 bits per heavy atom. The fraction of sp³-hybridized carbons (Fsp3) is 0.769. The Bertz CT molecular complexity index is 691. The number of hydrogen-bond acceptors (Lipinski definition) is 4. The second kappa shape index (κ2) is 19.3. The molecule has 0 aliphatic carbocycles. The van der Waals surface area contributed by atoms with E-state index in [4.69, 9.17) is 4.74 Å². The summed E-state index contributed by atoms with van der Waals surface area (Å²) in [6.07, 6.45) is 17.4. The molecule has 32 heavy (non-hydrogen) atoms. The fourth-order valence-corrected chi connectivity index (χ4v) is 4.56. The molecule has 0 saturated carbocycles. The first-order valence-electron chi connectivity index (χ1n) is 12.6. The Kier molecular flexibility index (Phi) is 19.2. The van der Waals surface area contributed by atoms with E-state index >= 15 is 0 Å². The van der Waals surface area contributed by atoms with Gasteiger partial charge in [0.05, 0.1) is 5.25 Å². The molecule has 0 aromatic heterocycles. The molecule has 0 spiro atoms. The summed E-state index contributed by atoms with van der Waals surface area (Å²) in [6.45, 7) is 6.11. The van der Waals surface area contributed by atoms with Crippen LogP contribution >= 0.6 is 0 Å². The Labute approximate surface area is 220 Å². The van der Waals surface area contributed by atoms with E-state index in [0.717, 1.165) is 30.6 Å². The maximum Gasteiger partial charge on any atom is 1.00 e. The summed E-state index contributed by atoms with van der Waals surface area (Å²) in [5.74, 6) is 0.738. The van der Waals surface area contributed by atoms with Crippen LogP contribution < -0.4 is 34.3 Å². The van der Waals surface area contributed by atoms with Crippen molar-refractivity contribution < 1.29 is 47.3 Å². The van der Waals surface area contributed by atoms with Crippen LogP contribution in [0, 0.1) is 0 Å². The van der Waals surface area contributed by atoms with Crippen molar-refractivity contribution in [3.8, 4) is 5.75 Å². The van der Waals surface area contributed by atoms with Crippen molar-refractivity contribution in [3.05, 3.63) is 29.3 Å². The van der Waals surface area contributed by atoms with Gasteiger partial charge in [-0.05, 0) is 49.3 Å². The van der Waals surface area contributed by atoms with Crippen LogP contribution in [0.3, 0.4) is 0 Å². The number of ether oxygens (including phenoxy) is 1. The molecule has 1 aromatic carbocycles. The number of aryl methyl sites for hydroxylation is 2. The summed E-state index contributed by atoms with van der Waals surface area (Å²) in [5, 5.41) is -0.989. The molecule has 1 unspecified atom stereocenters. The van der Waals surface area contributed by atoms with Crippen molar-refractivity contribution in [1.82, 2.24) is 0 Å². The fourth-order valence-electron chi connectivity index (χ4n) is 3.92. The minimum atomic E-state index is -4.33. The zero-order chi connectivity index (χ0) is 23.0. The summed E-state index contributed by atoms with van der Waals surface area (Å²) in [7, 11) is -4.33. The van der Waals surface area contributed by atoms with Crippen molar-refractivity contribution in [3.63, 3.8) is 0 Å². The van der Waals surface area contributed by atoms with Crippen molar-refractivity contribution in [1.29, 1.82) is 0 Å². The summed E-state index contributed by atoms with van der Waals surface area (Å²) < 4.78 is 40.0. The van der Waals surface area contributed by atoms with Crippen LogP contribution in [-0.2, 0) is 23.0 Å². The predicted molar refractivity (Wildman–Crippen MR) is 130 cm³/mol. The normalized spacial score (nSPS) is 12.4. The van der Waals surface area contributed by atoms with E-state index in [1.54, 1.807) is 6.92 Å². The maximum atomic E-state index is 11.4. The average Bonchev–Trinajstić information content (AvgIpc) is 2.73. The van der Waals surface area contributed by atoms with Gasteiger partial charge in [0.25, 0.3) is 0 Å². The minimum absolute atomic E-state index is 0. The summed E-state index contributed by atoms with van der Waals surface area (Å²) in [5.41, 5.74) is 2.48. The molecule has 0 aliphatic rings. The van der Waals surface area contributed by atoms with Crippen LogP contribution in [0.2, 0.25) is 0 Å². The van der Waals surface area contributed by atoms with Gasteiger partial charge in [-0.15, -0.1) is 0 Å². The molecule has 0 bridgehead atoms. The molecule has 0 amide bonds. The predicted octanol–water partition coefficient (Wildman–Crippen LogP) is 4.20.